The van der Waals surface area contributed by atoms with E-state index >= 15 is 0 Å². The van der Waals surface area contributed by atoms with Crippen LogP contribution in [0.4, 0.5) is 0 Å². The van der Waals surface area contributed by atoms with E-state index in [-0.39, 0.29) is 0 Å². The number of hydrogen-bond donors (Lipinski definition) is 3. The molecular formula is C3H24N4Si6. The van der Waals surface area contributed by atoms with E-state index in [4.69, 9.17) is 16.2 Å². The molecule has 0 aliphatic heterocycles. The van der Waals surface area contributed by atoms with Crippen molar-refractivity contribution in [2.24, 2.45) is 16.2 Å². The summed E-state index contributed by atoms with van der Waals surface area (Å²) in [4.78, 5) is 0. The van der Waals surface area contributed by atoms with E-state index < -0.39 is 27.4 Å². The summed E-state index contributed by atoms with van der Waals surface area (Å²) < 4.78 is 2.52. The molecule has 13 heavy (non-hydrogen) atoms. The predicted octanol–water partition coefficient (Wildman–Crippen LogP) is -6.21. The first kappa shape index (κ1) is 14.1. The maximum atomic E-state index is 6.21. The van der Waals surface area contributed by atoms with Crippen molar-refractivity contribution in [3.05, 3.63) is 0 Å². The fourth-order valence-electron chi connectivity index (χ4n) is 1.37. The van der Waals surface area contributed by atoms with Crippen molar-refractivity contribution in [2.75, 3.05) is 0 Å². The molecular weight excluding hydrogens is 261 g/mol. The fourth-order valence-corrected chi connectivity index (χ4v) is 23.7. The third-order valence-corrected chi connectivity index (χ3v) is 21.6. The van der Waals surface area contributed by atoms with Crippen molar-refractivity contribution in [3.63, 3.8) is 0 Å². The summed E-state index contributed by atoms with van der Waals surface area (Å²) in [6.45, 7) is 0. The molecule has 0 aromatic heterocycles. The zero-order valence-corrected chi connectivity index (χ0v) is 18.5. The number of hydrogen-bond acceptors (Lipinski definition) is 4. The Labute approximate surface area is 95.2 Å². The molecule has 0 heterocycles. The van der Waals surface area contributed by atoms with Gasteiger partial charge in [0, 0.05) is 30.7 Å². The SMILES string of the molecule is N[SiH](C[SiH3])N([SiH](N)C[SiH3])[SiH](N)C[SiH3]. The lowest BCUT2D eigenvalue weighted by Gasteiger charge is -2.35. The molecule has 0 saturated carbocycles. The molecule has 3 unspecified atom stereocenters. The van der Waals surface area contributed by atoms with Crippen molar-refractivity contribution >= 4 is 58.1 Å². The Morgan fingerprint density at radius 2 is 1.00 bits per heavy atom. The molecule has 0 amide bonds. The highest BCUT2D eigenvalue weighted by Crippen LogP contribution is 2.00. The summed E-state index contributed by atoms with van der Waals surface area (Å²) in [6, 6.07) is 0. The van der Waals surface area contributed by atoms with Crippen LogP contribution in [0.25, 0.3) is 0 Å². The van der Waals surface area contributed by atoms with Gasteiger partial charge in [-0.25, -0.2) is 0 Å². The second-order valence-electron chi connectivity index (χ2n) is 3.37. The van der Waals surface area contributed by atoms with Crippen LogP contribution in [-0.4, -0.2) is 62.0 Å². The van der Waals surface area contributed by atoms with Gasteiger partial charge in [0.05, 0.1) is 0 Å². The maximum Gasteiger partial charge on any atom is 0.169 e. The minimum absolute atomic E-state index is 1.13. The average molecular weight is 285 g/mol. The van der Waals surface area contributed by atoms with Crippen LogP contribution in [0, 0.1) is 0 Å². The maximum absolute atomic E-state index is 6.21. The molecule has 0 rings (SSSR count). The van der Waals surface area contributed by atoms with Gasteiger partial charge in [0.2, 0.25) is 0 Å². The van der Waals surface area contributed by atoms with E-state index in [1.165, 1.54) is 47.7 Å². The second kappa shape index (κ2) is 7.44. The van der Waals surface area contributed by atoms with Crippen molar-refractivity contribution in [1.29, 1.82) is 0 Å². The van der Waals surface area contributed by atoms with Gasteiger partial charge in [-0.2, -0.15) is 0 Å². The van der Waals surface area contributed by atoms with Gasteiger partial charge in [-0.15, -0.1) is 0 Å². The third-order valence-electron chi connectivity index (χ3n) is 2.40. The Hall–Kier alpha value is 1.14. The highest BCUT2D eigenvalue weighted by atomic mass is 28.4. The van der Waals surface area contributed by atoms with Crippen LogP contribution >= 0.6 is 0 Å². The van der Waals surface area contributed by atoms with Crippen LogP contribution in [0.15, 0.2) is 0 Å². The van der Waals surface area contributed by atoms with Gasteiger partial charge in [0.1, 0.15) is 0 Å². The van der Waals surface area contributed by atoms with Crippen LogP contribution in [0.5, 0.6) is 0 Å². The van der Waals surface area contributed by atoms with Crippen LogP contribution in [0.2, 0.25) is 17.0 Å². The van der Waals surface area contributed by atoms with E-state index in [2.05, 4.69) is 3.90 Å². The highest BCUT2D eigenvalue weighted by Gasteiger charge is 2.26. The molecule has 0 radical (unpaired) electrons. The molecule has 80 valence electrons. The molecule has 10 heteroatoms. The van der Waals surface area contributed by atoms with Crippen molar-refractivity contribution in [2.45, 2.75) is 17.0 Å². The zero-order valence-electron chi connectivity index (χ0n) is 9.03. The van der Waals surface area contributed by atoms with Crippen LogP contribution in [-0.2, 0) is 0 Å². The number of nitrogens with zero attached hydrogens (tertiary/aromatic N) is 1. The van der Waals surface area contributed by atoms with E-state index in [1.807, 2.05) is 0 Å². The Balaban J connectivity index is 4.34. The Kier molecular flexibility index (Phi) is 8.09. The molecule has 0 aromatic carbocycles. The third kappa shape index (κ3) is 4.45. The first-order valence-electron chi connectivity index (χ1n) is 5.12. The van der Waals surface area contributed by atoms with Crippen molar-refractivity contribution in [3.8, 4) is 0 Å². The summed E-state index contributed by atoms with van der Waals surface area (Å²) in [5.74, 6) is 0. The molecule has 4 nitrogen and oxygen atoms in total. The van der Waals surface area contributed by atoms with Crippen molar-refractivity contribution < 1.29 is 0 Å². The van der Waals surface area contributed by atoms with Gasteiger partial charge in [-0.1, -0.05) is 0 Å². The standard InChI is InChI=1S/C3H24N4Si6/c4-11(1-8)7(12(5)2-9)13(6)3-10/h11-13H,1-6H2,8-10H3. The van der Waals surface area contributed by atoms with Crippen LogP contribution < -0.4 is 16.2 Å². The molecule has 3 atom stereocenters. The lowest BCUT2D eigenvalue weighted by molar-refractivity contribution is 0.954. The summed E-state index contributed by atoms with van der Waals surface area (Å²) in [6.07, 6.45) is 0. The summed E-state index contributed by atoms with van der Waals surface area (Å²) in [7, 11) is 0.252. The minimum atomic E-state index is -1.13. The molecule has 0 saturated heterocycles. The van der Waals surface area contributed by atoms with E-state index in [0.29, 0.717) is 0 Å². The van der Waals surface area contributed by atoms with E-state index in [1.54, 1.807) is 0 Å². The molecule has 6 N–H and O–H groups in total. The first-order chi connectivity index (χ1) is 6.08. The molecule has 0 spiro atoms. The van der Waals surface area contributed by atoms with Gasteiger partial charge < -0.3 is 20.1 Å². The monoisotopic (exact) mass is 284 g/mol. The number of nitrogens with two attached hydrogens (primary N) is 3. The lowest BCUT2D eigenvalue weighted by Crippen LogP contribution is -2.67. The van der Waals surface area contributed by atoms with Gasteiger partial charge in [-0.05, 0) is 17.0 Å². The largest absolute Gasteiger partial charge is 0.342 e. The second-order valence-corrected chi connectivity index (χ2v) is 20.2. The molecule has 0 fully saturated rings. The summed E-state index contributed by atoms with van der Waals surface area (Å²) >= 11 is 0. The quantitative estimate of drug-likeness (QED) is 0.424. The molecule has 0 aliphatic rings. The normalized spacial score (nSPS) is 19.4. The topological polar surface area (TPSA) is 81.3 Å². The molecule has 0 aliphatic carbocycles. The zero-order chi connectivity index (χ0) is 10.4. The molecule has 0 bridgehead atoms. The van der Waals surface area contributed by atoms with Gasteiger partial charge in [0.15, 0.2) is 27.4 Å². The average Bonchev–Trinajstić information content (AvgIpc) is 2.16. The Morgan fingerprint density at radius 3 is 1.15 bits per heavy atom. The summed E-state index contributed by atoms with van der Waals surface area (Å²) in [5, 5.41) is 18.6. The predicted molar refractivity (Wildman–Crippen MR) is 80.1 cm³/mol. The van der Waals surface area contributed by atoms with Crippen molar-refractivity contribution in [1.82, 2.24) is 3.90 Å². The number of rotatable bonds is 6. The lowest BCUT2D eigenvalue weighted by atomic mass is 11.9. The Bertz CT molecular complexity index is 113. The Morgan fingerprint density at radius 1 is 0.769 bits per heavy atom. The first-order valence-corrected chi connectivity index (χ1v) is 15.4. The highest BCUT2D eigenvalue weighted by molar-refractivity contribution is 6.88. The van der Waals surface area contributed by atoms with E-state index in [0.717, 1.165) is 0 Å². The van der Waals surface area contributed by atoms with Gasteiger partial charge in [-0.3, -0.25) is 0 Å². The van der Waals surface area contributed by atoms with Gasteiger partial charge >= 0.3 is 0 Å². The smallest absolute Gasteiger partial charge is 0.169 e. The van der Waals surface area contributed by atoms with Crippen LogP contribution in [0.3, 0.4) is 0 Å². The van der Waals surface area contributed by atoms with Gasteiger partial charge in [0.25, 0.3) is 0 Å². The summed E-state index contributed by atoms with van der Waals surface area (Å²) in [5.41, 5.74) is 3.76. The minimum Gasteiger partial charge on any atom is -0.342 e. The van der Waals surface area contributed by atoms with Crippen LogP contribution in [0.1, 0.15) is 0 Å². The fraction of sp³-hybridized carbons (Fsp3) is 1.00. The van der Waals surface area contributed by atoms with E-state index in [9.17, 15) is 0 Å². The molecule has 0 aromatic rings.